The molecule has 17 heavy (non-hydrogen) atoms. The Morgan fingerprint density at radius 2 is 2.24 bits per heavy atom. The summed E-state index contributed by atoms with van der Waals surface area (Å²) in [6.07, 6.45) is 1.70. The highest BCUT2D eigenvalue weighted by molar-refractivity contribution is 9.10. The van der Waals surface area contributed by atoms with E-state index in [2.05, 4.69) is 49.3 Å². The van der Waals surface area contributed by atoms with Gasteiger partial charge in [-0.1, -0.05) is 18.2 Å². The molecule has 0 amide bonds. The standard InChI is InChI=1S/C11H11BrN4S/c1-16-9-5-3-2-4-7(9)8(10(16)12)6-14-15-11(13)17/h2-6H,1H3,(H3,13,15,17). The van der Waals surface area contributed by atoms with Gasteiger partial charge in [-0.05, 0) is 34.2 Å². The molecule has 0 atom stereocenters. The molecule has 0 unspecified atom stereocenters. The van der Waals surface area contributed by atoms with E-state index in [4.69, 9.17) is 5.73 Å². The van der Waals surface area contributed by atoms with Crippen LogP contribution in [0.3, 0.4) is 0 Å². The van der Waals surface area contributed by atoms with Crippen LogP contribution >= 0.6 is 28.1 Å². The molecule has 0 saturated heterocycles. The van der Waals surface area contributed by atoms with Gasteiger partial charge in [0.25, 0.3) is 0 Å². The Balaban J connectivity index is 2.50. The minimum Gasteiger partial charge on any atom is -0.375 e. The molecule has 0 fully saturated rings. The van der Waals surface area contributed by atoms with E-state index in [0.29, 0.717) is 0 Å². The number of nitrogens with zero attached hydrogens (tertiary/aromatic N) is 2. The van der Waals surface area contributed by atoms with E-state index in [1.807, 2.05) is 25.2 Å². The normalized spacial score (nSPS) is 11.2. The number of nitrogens with two attached hydrogens (primary N) is 1. The fourth-order valence-corrected chi connectivity index (χ4v) is 2.23. The fraction of sp³-hybridized carbons (Fsp3) is 0.0909. The van der Waals surface area contributed by atoms with Crippen LogP contribution in [0.4, 0.5) is 0 Å². The first kappa shape index (κ1) is 12.1. The first-order chi connectivity index (χ1) is 8.11. The zero-order chi connectivity index (χ0) is 12.4. The summed E-state index contributed by atoms with van der Waals surface area (Å²) in [6.45, 7) is 0. The third kappa shape index (κ3) is 2.32. The number of para-hydroxylation sites is 1. The molecule has 0 radical (unpaired) electrons. The number of halogens is 1. The third-order valence-electron chi connectivity index (χ3n) is 2.44. The monoisotopic (exact) mass is 310 g/mol. The smallest absolute Gasteiger partial charge is 0.184 e. The molecule has 0 bridgehead atoms. The topological polar surface area (TPSA) is 55.3 Å². The van der Waals surface area contributed by atoms with Crippen LogP contribution in [0.5, 0.6) is 0 Å². The molecule has 3 N–H and O–H groups in total. The van der Waals surface area contributed by atoms with Crippen molar-refractivity contribution in [2.75, 3.05) is 0 Å². The summed E-state index contributed by atoms with van der Waals surface area (Å²) < 4.78 is 3.02. The summed E-state index contributed by atoms with van der Waals surface area (Å²) in [4.78, 5) is 0. The molecule has 88 valence electrons. The lowest BCUT2D eigenvalue weighted by molar-refractivity contribution is 0.939. The molecule has 0 spiro atoms. The van der Waals surface area contributed by atoms with Crippen LogP contribution in [0.1, 0.15) is 5.56 Å². The number of rotatable bonds is 2. The van der Waals surface area contributed by atoms with Crippen molar-refractivity contribution in [3.63, 3.8) is 0 Å². The molecule has 6 heteroatoms. The Hall–Kier alpha value is -1.40. The largest absolute Gasteiger partial charge is 0.375 e. The number of fused-ring (bicyclic) bond motifs is 1. The van der Waals surface area contributed by atoms with E-state index in [9.17, 15) is 0 Å². The molecule has 0 aliphatic rings. The number of aryl methyl sites for hydroxylation is 1. The maximum Gasteiger partial charge on any atom is 0.184 e. The fourth-order valence-electron chi connectivity index (χ4n) is 1.67. The van der Waals surface area contributed by atoms with Gasteiger partial charge in [0, 0.05) is 23.5 Å². The number of hydrogen-bond acceptors (Lipinski definition) is 2. The molecule has 1 aromatic carbocycles. The minimum absolute atomic E-state index is 0.151. The van der Waals surface area contributed by atoms with Crippen LogP contribution in [0.2, 0.25) is 0 Å². The minimum atomic E-state index is 0.151. The Morgan fingerprint density at radius 1 is 1.53 bits per heavy atom. The van der Waals surface area contributed by atoms with Crippen LogP contribution in [-0.2, 0) is 7.05 Å². The second-order valence-corrected chi connectivity index (χ2v) is 4.71. The molecule has 0 aliphatic heterocycles. The molecule has 0 aliphatic carbocycles. The number of benzene rings is 1. The highest BCUT2D eigenvalue weighted by Crippen LogP contribution is 2.27. The molecule has 4 nitrogen and oxygen atoms in total. The van der Waals surface area contributed by atoms with E-state index >= 15 is 0 Å². The van der Waals surface area contributed by atoms with Gasteiger partial charge >= 0.3 is 0 Å². The molecular formula is C11H11BrN4S. The number of aromatic nitrogens is 1. The summed E-state index contributed by atoms with van der Waals surface area (Å²) in [5.41, 5.74) is 9.97. The quantitative estimate of drug-likeness (QED) is 0.507. The highest BCUT2D eigenvalue weighted by Gasteiger charge is 2.10. The molecular weight excluding hydrogens is 300 g/mol. The van der Waals surface area contributed by atoms with Gasteiger partial charge in [-0.25, -0.2) is 0 Å². The highest BCUT2D eigenvalue weighted by atomic mass is 79.9. The average Bonchev–Trinajstić information content (AvgIpc) is 2.54. The lowest BCUT2D eigenvalue weighted by Gasteiger charge is -1.96. The van der Waals surface area contributed by atoms with E-state index in [1.54, 1.807) is 6.21 Å². The summed E-state index contributed by atoms with van der Waals surface area (Å²) in [5, 5.41) is 5.25. The van der Waals surface area contributed by atoms with Gasteiger partial charge in [-0.3, -0.25) is 5.43 Å². The van der Waals surface area contributed by atoms with Gasteiger partial charge in [0.2, 0.25) is 0 Å². The third-order valence-corrected chi connectivity index (χ3v) is 3.49. The van der Waals surface area contributed by atoms with Gasteiger partial charge in [0.05, 0.1) is 10.8 Å². The number of hydrogen-bond donors (Lipinski definition) is 2. The predicted octanol–water partition coefficient (Wildman–Crippen LogP) is 2.11. The summed E-state index contributed by atoms with van der Waals surface area (Å²) in [7, 11) is 1.99. The van der Waals surface area contributed by atoms with Crippen molar-refractivity contribution in [2.45, 2.75) is 0 Å². The van der Waals surface area contributed by atoms with Crippen LogP contribution < -0.4 is 11.2 Å². The van der Waals surface area contributed by atoms with Crippen LogP contribution in [-0.4, -0.2) is 15.9 Å². The maximum atomic E-state index is 5.30. The van der Waals surface area contributed by atoms with Gasteiger partial charge in [-0.2, -0.15) is 5.10 Å². The van der Waals surface area contributed by atoms with Crippen molar-refractivity contribution in [1.82, 2.24) is 9.99 Å². The van der Waals surface area contributed by atoms with Crippen LogP contribution in [0, 0.1) is 0 Å². The average molecular weight is 311 g/mol. The maximum absolute atomic E-state index is 5.30. The van der Waals surface area contributed by atoms with E-state index < -0.39 is 0 Å². The summed E-state index contributed by atoms with van der Waals surface area (Å²) in [5.74, 6) is 0. The second-order valence-electron chi connectivity index (χ2n) is 3.51. The Bertz CT molecular complexity index is 603. The number of hydrazone groups is 1. The van der Waals surface area contributed by atoms with Crippen molar-refractivity contribution in [1.29, 1.82) is 0 Å². The van der Waals surface area contributed by atoms with Crippen molar-refractivity contribution in [2.24, 2.45) is 17.9 Å². The summed E-state index contributed by atoms with van der Waals surface area (Å²) >= 11 is 8.22. The Morgan fingerprint density at radius 3 is 2.94 bits per heavy atom. The molecule has 2 rings (SSSR count). The van der Waals surface area contributed by atoms with E-state index in [-0.39, 0.29) is 5.11 Å². The molecule has 0 saturated carbocycles. The zero-order valence-corrected chi connectivity index (χ0v) is 11.5. The molecule has 1 aromatic heterocycles. The lowest BCUT2D eigenvalue weighted by atomic mass is 10.2. The van der Waals surface area contributed by atoms with E-state index in [0.717, 1.165) is 21.1 Å². The number of nitrogens with one attached hydrogen (secondary N) is 1. The van der Waals surface area contributed by atoms with Gasteiger partial charge in [0.15, 0.2) is 5.11 Å². The summed E-state index contributed by atoms with van der Waals surface area (Å²) in [6, 6.07) is 8.09. The van der Waals surface area contributed by atoms with Crippen LogP contribution in [0.25, 0.3) is 10.9 Å². The van der Waals surface area contributed by atoms with Gasteiger partial charge < -0.3 is 10.3 Å². The van der Waals surface area contributed by atoms with Crippen molar-refractivity contribution < 1.29 is 0 Å². The molecule has 1 heterocycles. The Kier molecular flexibility index (Phi) is 3.44. The van der Waals surface area contributed by atoms with Crippen LogP contribution in [0.15, 0.2) is 34.0 Å². The second kappa shape index (κ2) is 4.85. The first-order valence-electron chi connectivity index (χ1n) is 4.92. The van der Waals surface area contributed by atoms with Crippen molar-refractivity contribution >= 4 is 50.4 Å². The van der Waals surface area contributed by atoms with Gasteiger partial charge in [0.1, 0.15) is 0 Å². The Labute approximate surface area is 113 Å². The van der Waals surface area contributed by atoms with E-state index in [1.165, 1.54) is 0 Å². The van der Waals surface area contributed by atoms with Crippen molar-refractivity contribution in [3.8, 4) is 0 Å². The molecule has 2 aromatic rings. The lowest BCUT2D eigenvalue weighted by Crippen LogP contribution is -2.24. The first-order valence-corrected chi connectivity index (χ1v) is 6.13. The predicted molar refractivity (Wildman–Crippen MR) is 78.1 cm³/mol. The number of thiocarbonyl (C=S) groups is 1. The SMILES string of the molecule is Cn1c(Br)c(C=NNC(N)=S)c2ccccc21. The zero-order valence-electron chi connectivity index (χ0n) is 9.14. The van der Waals surface area contributed by atoms with Crippen molar-refractivity contribution in [3.05, 3.63) is 34.4 Å². The van der Waals surface area contributed by atoms with Gasteiger partial charge in [-0.15, -0.1) is 0 Å².